The van der Waals surface area contributed by atoms with E-state index in [0.717, 1.165) is 0 Å². The summed E-state index contributed by atoms with van der Waals surface area (Å²) < 4.78 is 0. The molecular weight excluding hydrogens is 637 g/mol. The van der Waals surface area contributed by atoms with E-state index in [4.69, 9.17) is 0 Å². The maximum Gasteiger partial charge on any atom is -0.00199 e. The average molecular weight is 679 g/mol. The van der Waals surface area contributed by atoms with Crippen LogP contribution in [0.5, 0.6) is 0 Å². The van der Waals surface area contributed by atoms with Crippen molar-refractivity contribution in [1.29, 1.82) is 0 Å². The first-order valence-electron chi connectivity index (χ1n) is 19.4. The summed E-state index contributed by atoms with van der Waals surface area (Å²) in [4.78, 5) is 0. The van der Waals surface area contributed by atoms with Crippen molar-refractivity contribution in [2.75, 3.05) is 0 Å². The minimum atomic E-state index is 0.618. The van der Waals surface area contributed by atoms with E-state index in [2.05, 4.69) is 177 Å². The molecule has 1 saturated carbocycles. The van der Waals surface area contributed by atoms with E-state index in [1.54, 1.807) is 0 Å². The molecule has 0 atom stereocenters. The minimum Gasteiger partial charge on any atom is -0.0616 e. The Labute approximate surface area is 312 Å². The van der Waals surface area contributed by atoms with Gasteiger partial charge in [-0.3, -0.25) is 0 Å². The second kappa shape index (κ2) is 13.2. The Kier molecular flexibility index (Phi) is 7.91. The molecule has 0 N–H and O–H groups in total. The quantitative estimate of drug-likeness (QED) is 0.159. The van der Waals surface area contributed by atoms with E-state index >= 15 is 0 Å². The molecule has 0 heteroatoms. The third-order valence-electron chi connectivity index (χ3n) is 11.9. The summed E-state index contributed by atoms with van der Waals surface area (Å²) in [6.45, 7) is 2.24. The van der Waals surface area contributed by atoms with E-state index in [9.17, 15) is 0 Å². The SMILES string of the molecule is Cc1ccc(-c2cccc3ccccc23)c(-c2c3ccccc3c(-c3ccc(-c4ccc5ccccc5c4)cc3)c3ccc(C4CCCCC4)cc23)c1. The molecule has 0 spiro atoms. The summed E-state index contributed by atoms with van der Waals surface area (Å²) in [5, 5.41) is 10.4. The number of benzene rings is 9. The Hall–Kier alpha value is -5.98. The van der Waals surface area contributed by atoms with Crippen LogP contribution in [0.25, 0.3) is 87.6 Å². The third-order valence-corrected chi connectivity index (χ3v) is 11.9. The maximum absolute atomic E-state index is 2.58. The van der Waals surface area contributed by atoms with Gasteiger partial charge in [-0.25, -0.2) is 0 Å². The van der Waals surface area contributed by atoms with Crippen molar-refractivity contribution in [2.24, 2.45) is 0 Å². The number of hydrogen-bond acceptors (Lipinski definition) is 0. The minimum absolute atomic E-state index is 0.618. The highest BCUT2D eigenvalue weighted by molar-refractivity contribution is 6.23. The molecular formula is C53H42. The molecule has 0 radical (unpaired) electrons. The molecule has 0 bridgehead atoms. The maximum atomic E-state index is 2.58. The van der Waals surface area contributed by atoms with E-state index < -0.39 is 0 Å². The molecule has 254 valence electrons. The molecule has 1 aliphatic rings. The lowest BCUT2D eigenvalue weighted by Gasteiger charge is -2.25. The van der Waals surface area contributed by atoms with Gasteiger partial charge in [0.15, 0.2) is 0 Å². The van der Waals surface area contributed by atoms with Crippen LogP contribution in [-0.2, 0) is 0 Å². The lowest BCUT2D eigenvalue weighted by molar-refractivity contribution is 0.444. The molecule has 9 aromatic rings. The van der Waals surface area contributed by atoms with Crippen LogP contribution in [-0.4, -0.2) is 0 Å². The van der Waals surface area contributed by atoms with Gasteiger partial charge in [0.1, 0.15) is 0 Å². The third kappa shape index (κ3) is 5.62. The normalized spacial score (nSPS) is 13.7. The van der Waals surface area contributed by atoms with Crippen LogP contribution in [0.4, 0.5) is 0 Å². The Morgan fingerprint density at radius 3 is 1.81 bits per heavy atom. The fourth-order valence-corrected chi connectivity index (χ4v) is 9.25. The second-order valence-corrected chi connectivity index (χ2v) is 15.2. The van der Waals surface area contributed by atoms with Gasteiger partial charge in [0, 0.05) is 0 Å². The number of rotatable bonds is 5. The zero-order valence-corrected chi connectivity index (χ0v) is 30.3. The second-order valence-electron chi connectivity index (χ2n) is 15.2. The Bertz CT molecular complexity index is 2810. The average Bonchev–Trinajstić information content (AvgIpc) is 3.22. The van der Waals surface area contributed by atoms with Gasteiger partial charge in [-0.15, -0.1) is 0 Å². The van der Waals surface area contributed by atoms with Crippen molar-refractivity contribution in [2.45, 2.75) is 44.9 Å². The standard InChI is InChI=1S/C53H42/c1-35-22-30-46(45-21-11-17-39-15-7-8-18-44(39)45)50(32-35)53-48-20-10-9-19-47(48)52(49-31-29-43(34-51(49)53)36-12-3-2-4-13-36)40-26-23-38(24-27-40)42-28-25-37-14-5-6-16-41(37)33-42/h5-11,14-34,36H,2-4,12-13H2,1H3. The van der Waals surface area contributed by atoms with E-state index in [1.807, 2.05) is 0 Å². The van der Waals surface area contributed by atoms with Crippen molar-refractivity contribution in [3.8, 4) is 44.5 Å². The van der Waals surface area contributed by atoms with Gasteiger partial charge in [0.05, 0.1) is 0 Å². The van der Waals surface area contributed by atoms with Gasteiger partial charge in [-0.05, 0) is 125 Å². The van der Waals surface area contributed by atoms with Crippen LogP contribution < -0.4 is 0 Å². The molecule has 0 aliphatic heterocycles. The molecule has 53 heavy (non-hydrogen) atoms. The molecule has 0 heterocycles. The molecule has 1 fully saturated rings. The van der Waals surface area contributed by atoms with Gasteiger partial charge in [-0.1, -0.05) is 189 Å². The van der Waals surface area contributed by atoms with Crippen molar-refractivity contribution in [1.82, 2.24) is 0 Å². The van der Waals surface area contributed by atoms with E-state index in [1.165, 1.54) is 131 Å². The Morgan fingerprint density at radius 2 is 1.00 bits per heavy atom. The summed E-state index contributed by atoms with van der Waals surface area (Å²) in [7, 11) is 0. The van der Waals surface area contributed by atoms with Crippen molar-refractivity contribution >= 4 is 43.1 Å². The monoisotopic (exact) mass is 678 g/mol. The molecule has 0 amide bonds. The molecule has 0 saturated heterocycles. The highest BCUT2D eigenvalue weighted by Gasteiger charge is 2.22. The van der Waals surface area contributed by atoms with Crippen LogP contribution in [0.2, 0.25) is 0 Å². The van der Waals surface area contributed by atoms with Gasteiger partial charge in [0.25, 0.3) is 0 Å². The highest BCUT2D eigenvalue weighted by Crippen LogP contribution is 2.48. The fourth-order valence-electron chi connectivity index (χ4n) is 9.25. The van der Waals surface area contributed by atoms with Gasteiger partial charge < -0.3 is 0 Å². The van der Waals surface area contributed by atoms with Gasteiger partial charge >= 0.3 is 0 Å². The molecule has 0 nitrogen and oxygen atoms in total. The summed E-state index contributed by atoms with van der Waals surface area (Å²) in [5.41, 5.74) is 13.1. The van der Waals surface area contributed by atoms with Gasteiger partial charge in [0.2, 0.25) is 0 Å². The molecule has 9 aromatic carbocycles. The topological polar surface area (TPSA) is 0 Å². The van der Waals surface area contributed by atoms with Crippen LogP contribution in [0.1, 0.15) is 49.1 Å². The first-order chi connectivity index (χ1) is 26.2. The number of aryl methyl sites for hydroxylation is 1. The summed E-state index contributed by atoms with van der Waals surface area (Å²) >= 11 is 0. The van der Waals surface area contributed by atoms with Crippen LogP contribution in [0, 0.1) is 6.92 Å². The summed E-state index contributed by atoms with van der Waals surface area (Å²) in [5.74, 6) is 0.618. The Balaban J connectivity index is 1.23. The predicted octanol–water partition coefficient (Wildman–Crippen LogP) is 15.3. The summed E-state index contributed by atoms with van der Waals surface area (Å²) in [6.07, 6.45) is 6.57. The molecule has 1 aliphatic carbocycles. The Morgan fingerprint density at radius 1 is 0.358 bits per heavy atom. The smallest absolute Gasteiger partial charge is 0.00199 e. The lowest BCUT2D eigenvalue weighted by atomic mass is 9.79. The van der Waals surface area contributed by atoms with Crippen molar-refractivity contribution in [3.63, 3.8) is 0 Å². The number of fused-ring (bicyclic) bond motifs is 4. The van der Waals surface area contributed by atoms with E-state index in [-0.39, 0.29) is 0 Å². The first kappa shape index (κ1) is 31.7. The molecule has 10 rings (SSSR count). The lowest BCUT2D eigenvalue weighted by Crippen LogP contribution is -2.04. The number of hydrogen-bond donors (Lipinski definition) is 0. The summed E-state index contributed by atoms with van der Waals surface area (Å²) in [6, 6.07) is 64.0. The zero-order chi connectivity index (χ0) is 35.3. The van der Waals surface area contributed by atoms with Crippen LogP contribution >= 0.6 is 0 Å². The van der Waals surface area contributed by atoms with Gasteiger partial charge in [-0.2, -0.15) is 0 Å². The molecule has 0 unspecified atom stereocenters. The van der Waals surface area contributed by atoms with E-state index in [0.29, 0.717) is 5.92 Å². The fraction of sp³-hybridized carbons (Fsp3) is 0.132. The largest absolute Gasteiger partial charge is 0.0616 e. The predicted molar refractivity (Wildman–Crippen MR) is 229 cm³/mol. The van der Waals surface area contributed by atoms with Crippen LogP contribution in [0.3, 0.4) is 0 Å². The molecule has 0 aromatic heterocycles. The zero-order valence-electron chi connectivity index (χ0n) is 30.3. The van der Waals surface area contributed by atoms with Crippen molar-refractivity contribution < 1.29 is 0 Å². The highest BCUT2D eigenvalue weighted by atomic mass is 14.3. The first-order valence-corrected chi connectivity index (χ1v) is 19.4. The van der Waals surface area contributed by atoms with Crippen LogP contribution in [0.15, 0.2) is 170 Å². The van der Waals surface area contributed by atoms with Crippen molar-refractivity contribution in [3.05, 3.63) is 181 Å².